The van der Waals surface area contributed by atoms with Gasteiger partial charge in [-0.05, 0) is 25.5 Å². The molecule has 1 atom stereocenters. The van der Waals surface area contributed by atoms with Crippen LogP contribution in [0.25, 0.3) is 0 Å². The van der Waals surface area contributed by atoms with Crippen molar-refractivity contribution in [3.63, 3.8) is 0 Å². The number of hydrogen-bond acceptors (Lipinski definition) is 4. The summed E-state index contributed by atoms with van der Waals surface area (Å²) in [5.41, 5.74) is 0.891. The van der Waals surface area contributed by atoms with E-state index >= 15 is 0 Å². The van der Waals surface area contributed by atoms with E-state index in [0.29, 0.717) is 0 Å². The van der Waals surface area contributed by atoms with Crippen molar-refractivity contribution in [2.24, 2.45) is 0 Å². The summed E-state index contributed by atoms with van der Waals surface area (Å²) in [5, 5.41) is 17.4. The fourth-order valence-electron chi connectivity index (χ4n) is 1.72. The lowest BCUT2D eigenvalue weighted by Crippen LogP contribution is -2.36. The quantitative estimate of drug-likeness (QED) is 0.657. The Morgan fingerprint density at radius 3 is 2.19 bits per heavy atom. The second-order valence-electron chi connectivity index (χ2n) is 4.66. The Morgan fingerprint density at radius 2 is 1.71 bits per heavy atom. The van der Waals surface area contributed by atoms with E-state index in [1.807, 2.05) is 6.92 Å². The summed E-state index contributed by atoms with van der Waals surface area (Å²) in [6.07, 6.45) is -0.876. The zero-order valence-electron chi connectivity index (χ0n) is 11.4. The first-order valence-electron chi connectivity index (χ1n) is 6.23. The number of aliphatic carboxylic acids is 2. The third kappa shape index (κ3) is 5.92. The van der Waals surface area contributed by atoms with Gasteiger partial charge in [0.2, 0.25) is 10.0 Å². The minimum absolute atomic E-state index is 0.0128. The first-order valence-corrected chi connectivity index (χ1v) is 7.71. The highest BCUT2D eigenvalue weighted by Crippen LogP contribution is 2.13. The smallest absolute Gasteiger partial charge is 0.304 e. The molecule has 0 radical (unpaired) electrons. The summed E-state index contributed by atoms with van der Waals surface area (Å²) in [7, 11) is -3.88. The highest BCUT2D eigenvalue weighted by Gasteiger charge is 2.22. The van der Waals surface area contributed by atoms with Crippen molar-refractivity contribution in [3.8, 4) is 0 Å². The lowest BCUT2D eigenvalue weighted by Gasteiger charge is -2.16. The molecule has 0 unspecified atom stereocenters. The first kappa shape index (κ1) is 17.1. The van der Waals surface area contributed by atoms with Crippen LogP contribution in [0.2, 0.25) is 0 Å². The van der Waals surface area contributed by atoms with Crippen molar-refractivity contribution < 1.29 is 28.2 Å². The Bertz CT molecular complexity index is 608. The highest BCUT2D eigenvalue weighted by molar-refractivity contribution is 7.89. The summed E-state index contributed by atoms with van der Waals surface area (Å²) in [6, 6.07) is 5.10. The summed E-state index contributed by atoms with van der Waals surface area (Å²) < 4.78 is 26.5. The van der Waals surface area contributed by atoms with E-state index < -0.39 is 34.4 Å². The van der Waals surface area contributed by atoms with Gasteiger partial charge < -0.3 is 10.2 Å². The number of benzene rings is 1. The number of rotatable bonds is 8. The van der Waals surface area contributed by atoms with Crippen molar-refractivity contribution in [1.82, 2.24) is 4.72 Å². The van der Waals surface area contributed by atoms with Crippen LogP contribution in [0.5, 0.6) is 0 Å². The number of sulfonamides is 1. The molecule has 0 aromatic heterocycles. The lowest BCUT2D eigenvalue weighted by molar-refractivity contribution is -0.139. The van der Waals surface area contributed by atoms with Gasteiger partial charge in [0.1, 0.15) is 0 Å². The molecule has 0 heterocycles. The first-order chi connectivity index (χ1) is 9.70. The van der Waals surface area contributed by atoms with Crippen LogP contribution in [0.15, 0.2) is 29.2 Å². The summed E-state index contributed by atoms with van der Waals surface area (Å²) in [4.78, 5) is 21.3. The third-order valence-electron chi connectivity index (χ3n) is 2.78. The van der Waals surface area contributed by atoms with Gasteiger partial charge >= 0.3 is 11.9 Å². The van der Waals surface area contributed by atoms with Crippen LogP contribution in [0.4, 0.5) is 0 Å². The SMILES string of the molecule is Cc1ccc(S(=O)(=O)N[C@H](CCC(=O)O)CC(=O)O)cc1. The number of carboxylic acids is 2. The van der Waals surface area contributed by atoms with Gasteiger partial charge in [-0.2, -0.15) is 0 Å². The molecular formula is C13H17NO6S. The summed E-state index contributed by atoms with van der Waals surface area (Å²) in [5.74, 6) is -2.31. The Balaban J connectivity index is 2.86. The van der Waals surface area contributed by atoms with E-state index in [0.717, 1.165) is 5.56 Å². The van der Waals surface area contributed by atoms with Gasteiger partial charge in [0.15, 0.2) is 0 Å². The van der Waals surface area contributed by atoms with Crippen LogP contribution in [0, 0.1) is 6.92 Å². The zero-order valence-corrected chi connectivity index (χ0v) is 12.3. The molecule has 8 heteroatoms. The molecular weight excluding hydrogens is 298 g/mol. The number of aryl methyl sites for hydroxylation is 1. The van der Waals surface area contributed by atoms with Crippen LogP contribution < -0.4 is 4.72 Å². The normalized spacial score (nSPS) is 12.8. The molecule has 116 valence electrons. The van der Waals surface area contributed by atoms with Gasteiger partial charge in [0, 0.05) is 12.5 Å². The van der Waals surface area contributed by atoms with Crippen molar-refractivity contribution in [3.05, 3.63) is 29.8 Å². The second kappa shape index (κ2) is 7.19. The van der Waals surface area contributed by atoms with Gasteiger partial charge in [-0.3, -0.25) is 9.59 Å². The molecule has 1 rings (SSSR count). The number of nitrogens with one attached hydrogen (secondary N) is 1. The molecule has 21 heavy (non-hydrogen) atoms. The Morgan fingerprint density at radius 1 is 1.14 bits per heavy atom. The van der Waals surface area contributed by atoms with Crippen LogP contribution >= 0.6 is 0 Å². The minimum atomic E-state index is -3.88. The van der Waals surface area contributed by atoms with Gasteiger partial charge in [-0.1, -0.05) is 17.7 Å². The van der Waals surface area contributed by atoms with E-state index in [9.17, 15) is 18.0 Å². The topological polar surface area (TPSA) is 121 Å². The van der Waals surface area contributed by atoms with Crippen molar-refractivity contribution in [1.29, 1.82) is 0 Å². The van der Waals surface area contributed by atoms with Gasteiger partial charge in [0.25, 0.3) is 0 Å². The molecule has 0 amide bonds. The second-order valence-corrected chi connectivity index (χ2v) is 6.38. The molecule has 7 nitrogen and oxygen atoms in total. The molecule has 0 fully saturated rings. The molecule has 0 aliphatic heterocycles. The van der Waals surface area contributed by atoms with E-state index in [-0.39, 0.29) is 17.7 Å². The lowest BCUT2D eigenvalue weighted by atomic mass is 10.1. The third-order valence-corrected chi connectivity index (χ3v) is 4.32. The fraction of sp³-hybridized carbons (Fsp3) is 0.385. The van der Waals surface area contributed by atoms with Gasteiger partial charge in [-0.15, -0.1) is 0 Å². The average molecular weight is 315 g/mol. The van der Waals surface area contributed by atoms with Gasteiger partial charge in [-0.25, -0.2) is 13.1 Å². The van der Waals surface area contributed by atoms with Crippen molar-refractivity contribution >= 4 is 22.0 Å². The van der Waals surface area contributed by atoms with Crippen molar-refractivity contribution in [2.75, 3.05) is 0 Å². The number of hydrogen-bond donors (Lipinski definition) is 3. The Labute approximate surface area is 122 Å². The molecule has 0 bridgehead atoms. The van der Waals surface area contributed by atoms with Crippen LogP contribution in [0.3, 0.4) is 0 Å². The average Bonchev–Trinajstić information content (AvgIpc) is 2.35. The van der Waals surface area contributed by atoms with Crippen LogP contribution in [0.1, 0.15) is 24.8 Å². The maximum atomic E-state index is 12.1. The summed E-state index contributed by atoms with van der Waals surface area (Å²) in [6.45, 7) is 1.81. The molecule has 1 aromatic rings. The predicted molar refractivity (Wildman–Crippen MR) is 74.4 cm³/mol. The van der Waals surface area contributed by atoms with E-state index in [2.05, 4.69) is 4.72 Å². The van der Waals surface area contributed by atoms with E-state index in [1.54, 1.807) is 12.1 Å². The standard InChI is InChI=1S/C13H17NO6S/c1-9-2-5-11(6-3-9)21(19,20)14-10(8-13(17)18)4-7-12(15)16/h2-3,5-6,10,14H,4,7-8H2,1H3,(H,15,16)(H,17,18)/t10-/m1/s1. The van der Waals surface area contributed by atoms with Gasteiger partial charge in [0.05, 0.1) is 11.3 Å². The van der Waals surface area contributed by atoms with E-state index in [1.165, 1.54) is 12.1 Å². The minimum Gasteiger partial charge on any atom is -0.481 e. The monoisotopic (exact) mass is 315 g/mol. The Hall–Kier alpha value is -1.93. The molecule has 0 spiro atoms. The molecule has 0 saturated carbocycles. The largest absolute Gasteiger partial charge is 0.481 e. The van der Waals surface area contributed by atoms with Crippen LogP contribution in [-0.4, -0.2) is 36.6 Å². The van der Waals surface area contributed by atoms with Crippen LogP contribution in [-0.2, 0) is 19.6 Å². The van der Waals surface area contributed by atoms with Crippen molar-refractivity contribution in [2.45, 2.75) is 37.1 Å². The maximum Gasteiger partial charge on any atom is 0.304 e. The molecule has 0 aliphatic rings. The maximum absolute atomic E-state index is 12.1. The molecule has 0 aliphatic carbocycles. The fourth-order valence-corrected chi connectivity index (χ4v) is 2.99. The molecule has 0 saturated heterocycles. The summed E-state index contributed by atoms with van der Waals surface area (Å²) >= 11 is 0. The molecule has 1 aromatic carbocycles. The Kier molecular flexibility index (Phi) is 5.86. The number of carbonyl (C=O) groups is 2. The number of carboxylic acid groups (broad SMARTS) is 2. The zero-order chi connectivity index (χ0) is 16.0. The highest BCUT2D eigenvalue weighted by atomic mass is 32.2. The molecule has 3 N–H and O–H groups in total. The van der Waals surface area contributed by atoms with E-state index in [4.69, 9.17) is 10.2 Å². The predicted octanol–water partition coefficient (Wildman–Crippen LogP) is 0.981.